The minimum Gasteiger partial charge on any atom is -0.399 e. The van der Waals surface area contributed by atoms with E-state index in [9.17, 15) is 0 Å². The summed E-state index contributed by atoms with van der Waals surface area (Å²) in [5.41, 5.74) is 0.120. The van der Waals surface area contributed by atoms with Crippen LogP contribution in [0.4, 0.5) is 0 Å². The van der Waals surface area contributed by atoms with Gasteiger partial charge in [-0.3, -0.25) is 0 Å². The highest BCUT2D eigenvalue weighted by atomic mass is 35.5. The van der Waals surface area contributed by atoms with Crippen molar-refractivity contribution in [2.45, 2.75) is 38.9 Å². The van der Waals surface area contributed by atoms with E-state index in [4.69, 9.17) is 20.9 Å². The third kappa shape index (κ3) is 2.55. The Morgan fingerprint density at radius 1 is 0.852 bits per heavy atom. The van der Waals surface area contributed by atoms with Crippen LogP contribution in [0.5, 0.6) is 0 Å². The number of fused-ring (bicyclic) bond motifs is 5. The predicted molar refractivity (Wildman–Crippen MR) is 118 cm³/mol. The predicted octanol–water partition coefficient (Wildman–Crippen LogP) is 6.16. The zero-order valence-corrected chi connectivity index (χ0v) is 17.4. The van der Waals surface area contributed by atoms with E-state index in [0.717, 1.165) is 5.46 Å². The fourth-order valence-electron chi connectivity index (χ4n) is 3.74. The van der Waals surface area contributed by atoms with Gasteiger partial charge in [0.2, 0.25) is 0 Å². The lowest BCUT2D eigenvalue weighted by molar-refractivity contribution is 0.00578. The molecule has 27 heavy (non-hydrogen) atoms. The Morgan fingerprint density at radius 3 is 2.30 bits per heavy atom. The van der Waals surface area contributed by atoms with Gasteiger partial charge in [-0.2, -0.15) is 0 Å². The van der Waals surface area contributed by atoms with Crippen molar-refractivity contribution in [1.82, 2.24) is 0 Å². The zero-order valence-electron chi connectivity index (χ0n) is 15.8. The molecular weight excluding hydrogens is 375 g/mol. The van der Waals surface area contributed by atoms with Crippen molar-refractivity contribution >= 4 is 66.5 Å². The van der Waals surface area contributed by atoms with Gasteiger partial charge in [0.25, 0.3) is 0 Å². The van der Waals surface area contributed by atoms with E-state index in [1.54, 1.807) is 11.3 Å². The van der Waals surface area contributed by atoms with Crippen molar-refractivity contribution in [3.8, 4) is 0 Å². The number of rotatable bonds is 1. The van der Waals surface area contributed by atoms with Crippen LogP contribution < -0.4 is 5.46 Å². The quantitative estimate of drug-likeness (QED) is 0.360. The Hall–Kier alpha value is -1.59. The van der Waals surface area contributed by atoms with E-state index < -0.39 is 7.12 Å². The molecule has 0 bridgehead atoms. The largest absolute Gasteiger partial charge is 0.496 e. The molecule has 5 rings (SSSR count). The van der Waals surface area contributed by atoms with E-state index in [2.05, 4.69) is 76.2 Å². The minimum atomic E-state index is -0.461. The highest BCUT2D eigenvalue weighted by molar-refractivity contribution is 7.26. The molecule has 0 N–H and O–H groups in total. The molecule has 0 spiro atoms. The molecule has 2 heterocycles. The average molecular weight is 395 g/mol. The number of thiophene rings is 1. The highest BCUT2D eigenvalue weighted by Crippen LogP contribution is 2.41. The van der Waals surface area contributed by atoms with Crippen LogP contribution in [-0.2, 0) is 9.31 Å². The van der Waals surface area contributed by atoms with E-state index in [0.29, 0.717) is 5.02 Å². The van der Waals surface area contributed by atoms with Gasteiger partial charge in [-0.05, 0) is 50.6 Å². The van der Waals surface area contributed by atoms with Crippen molar-refractivity contribution in [3.63, 3.8) is 0 Å². The van der Waals surface area contributed by atoms with E-state index in [-0.39, 0.29) is 11.2 Å². The molecule has 2 nitrogen and oxygen atoms in total. The van der Waals surface area contributed by atoms with Gasteiger partial charge in [-0.1, -0.05) is 48.0 Å². The van der Waals surface area contributed by atoms with Crippen LogP contribution in [0.25, 0.3) is 30.9 Å². The first-order valence-corrected chi connectivity index (χ1v) is 10.4. The first kappa shape index (κ1) is 17.5. The van der Waals surface area contributed by atoms with Gasteiger partial charge >= 0.3 is 7.12 Å². The molecule has 4 aromatic rings. The molecule has 136 valence electrons. The molecule has 0 saturated carbocycles. The van der Waals surface area contributed by atoms with E-state index >= 15 is 0 Å². The van der Waals surface area contributed by atoms with Crippen molar-refractivity contribution in [2.24, 2.45) is 0 Å². The summed E-state index contributed by atoms with van der Waals surface area (Å²) in [4.78, 5) is 0. The smallest absolute Gasteiger partial charge is 0.399 e. The Morgan fingerprint density at radius 2 is 1.56 bits per heavy atom. The van der Waals surface area contributed by atoms with Gasteiger partial charge in [0.1, 0.15) is 0 Å². The van der Waals surface area contributed by atoms with Gasteiger partial charge < -0.3 is 9.31 Å². The summed E-state index contributed by atoms with van der Waals surface area (Å²) in [6.45, 7) is 8.25. The second kappa shape index (κ2) is 5.71. The number of hydrogen-bond donors (Lipinski definition) is 0. The minimum absolute atomic E-state index is 0.390. The molecule has 0 atom stereocenters. The Balaban J connectivity index is 1.77. The topological polar surface area (TPSA) is 18.5 Å². The van der Waals surface area contributed by atoms with Crippen LogP contribution in [0.1, 0.15) is 27.7 Å². The molecule has 3 aromatic carbocycles. The number of halogens is 1. The first-order chi connectivity index (χ1) is 12.8. The normalized spacial score (nSPS) is 18.8. The Bertz CT molecular complexity index is 1200. The monoisotopic (exact) mass is 394 g/mol. The van der Waals surface area contributed by atoms with Crippen LogP contribution in [-0.4, -0.2) is 18.3 Å². The molecule has 1 saturated heterocycles. The number of hydrogen-bond acceptors (Lipinski definition) is 3. The SMILES string of the molecule is CC1(C)OB(c2cc3c(cc2Cl)sc2ccc4ccccc4c23)OC1(C)C. The van der Waals surface area contributed by atoms with Crippen molar-refractivity contribution in [3.05, 3.63) is 53.6 Å². The van der Waals surface area contributed by atoms with Gasteiger partial charge in [0, 0.05) is 30.7 Å². The Labute approximate surface area is 168 Å². The molecule has 0 aliphatic carbocycles. The van der Waals surface area contributed by atoms with Crippen LogP contribution >= 0.6 is 22.9 Å². The summed E-state index contributed by atoms with van der Waals surface area (Å²) >= 11 is 8.44. The lowest BCUT2D eigenvalue weighted by atomic mass is 9.78. The average Bonchev–Trinajstić information content (AvgIpc) is 3.07. The van der Waals surface area contributed by atoms with Crippen LogP contribution in [0.2, 0.25) is 5.02 Å². The van der Waals surface area contributed by atoms with Crippen LogP contribution in [0.15, 0.2) is 48.5 Å². The second-order valence-corrected chi connectivity index (χ2v) is 9.71. The number of benzene rings is 3. The summed E-state index contributed by atoms with van der Waals surface area (Å²) in [5, 5.41) is 5.69. The lowest BCUT2D eigenvalue weighted by Gasteiger charge is -2.32. The van der Waals surface area contributed by atoms with E-state index in [1.165, 1.54) is 30.9 Å². The fourth-order valence-corrected chi connectivity index (χ4v) is 5.20. The molecule has 0 unspecified atom stereocenters. The third-order valence-electron chi connectivity index (χ3n) is 5.99. The summed E-state index contributed by atoms with van der Waals surface area (Å²) < 4.78 is 15.0. The molecule has 1 fully saturated rings. The Kier molecular flexibility index (Phi) is 3.70. The molecule has 1 aliphatic rings. The summed E-state index contributed by atoms with van der Waals surface area (Å²) in [7, 11) is -0.461. The standard InChI is InChI=1S/C22H20BClO2S/c1-21(2)22(3,4)26-23(25-21)16-11-15-19(12-17(16)24)27-18-10-9-13-7-5-6-8-14(13)20(15)18/h5-12H,1-4H3. The molecule has 1 aliphatic heterocycles. The lowest BCUT2D eigenvalue weighted by Crippen LogP contribution is -2.41. The van der Waals surface area contributed by atoms with Gasteiger partial charge in [-0.25, -0.2) is 0 Å². The summed E-state index contributed by atoms with van der Waals surface area (Å²) in [6, 6.07) is 17.1. The van der Waals surface area contributed by atoms with Gasteiger partial charge in [-0.15, -0.1) is 11.3 Å². The fraction of sp³-hybridized carbons (Fsp3) is 0.273. The maximum atomic E-state index is 6.66. The molecule has 5 heteroatoms. The zero-order chi connectivity index (χ0) is 19.0. The maximum Gasteiger partial charge on any atom is 0.496 e. The van der Waals surface area contributed by atoms with Crippen molar-refractivity contribution < 1.29 is 9.31 Å². The second-order valence-electron chi connectivity index (χ2n) is 8.22. The van der Waals surface area contributed by atoms with Crippen molar-refractivity contribution in [2.75, 3.05) is 0 Å². The summed E-state index contributed by atoms with van der Waals surface area (Å²) in [5.74, 6) is 0. The summed E-state index contributed by atoms with van der Waals surface area (Å²) in [6.07, 6.45) is 0. The van der Waals surface area contributed by atoms with Crippen molar-refractivity contribution in [1.29, 1.82) is 0 Å². The molecular formula is C22H20BClO2S. The molecule has 0 amide bonds. The van der Waals surface area contributed by atoms with Gasteiger partial charge in [0.15, 0.2) is 0 Å². The highest BCUT2D eigenvalue weighted by Gasteiger charge is 2.52. The molecule has 1 aromatic heterocycles. The van der Waals surface area contributed by atoms with E-state index in [1.807, 2.05) is 0 Å². The first-order valence-electron chi connectivity index (χ1n) is 9.16. The maximum absolute atomic E-state index is 6.66. The van der Waals surface area contributed by atoms with Gasteiger partial charge in [0.05, 0.1) is 11.2 Å². The third-order valence-corrected chi connectivity index (χ3v) is 7.43. The van der Waals surface area contributed by atoms with Crippen LogP contribution in [0, 0.1) is 0 Å². The van der Waals surface area contributed by atoms with Crippen LogP contribution in [0.3, 0.4) is 0 Å². The molecule has 0 radical (unpaired) electrons.